The van der Waals surface area contributed by atoms with Gasteiger partial charge in [0.05, 0.1) is 18.9 Å². The van der Waals surface area contributed by atoms with Gasteiger partial charge in [-0.2, -0.15) is 0 Å². The van der Waals surface area contributed by atoms with Crippen molar-refractivity contribution in [3.63, 3.8) is 0 Å². The van der Waals surface area contributed by atoms with E-state index in [1.54, 1.807) is 24.1 Å². The number of hydrogen-bond donors (Lipinski definition) is 2. The Bertz CT molecular complexity index is 450. The summed E-state index contributed by atoms with van der Waals surface area (Å²) >= 11 is 0. The van der Waals surface area contributed by atoms with E-state index in [2.05, 4.69) is 5.32 Å². The number of anilines is 1. The van der Waals surface area contributed by atoms with Crippen LogP contribution in [0.3, 0.4) is 0 Å². The molecule has 1 aliphatic heterocycles. The molecule has 0 aliphatic carbocycles. The second kappa shape index (κ2) is 5.93. The van der Waals surface area contributed by atoms with Crippen LogP contribution in [0.5, 0.6) is 5.75 Å². The summed E-state index contributed by atoms with van der Waals surface area (Å²) in [4.78, 5) is 13.9. The number of methoxy groups -OCH3 is 1. The number of carbonyl (C=O) groups excluding carboxylic acids is 1. The Hall–Kier alpha value is -1.75. The largest absolute Gasteiger partial charge is 0.495 e. The molecule has 1 aromatic carbocycles. The van der Waals surface area contributed by atoms with Gasteiger partial charge in [-0.1, -0.05) is 19.1 Å². The van der Waals surface area contributed by atoms with Crippen LogP contribution in [0.25, 0.3) is 0 Å². The van der Waals surface area contributed by atoms with Crippen LogP contribution in [-0.4, -0.2) is 42.3 Å². The summed E-state index contributed by atoms with van der Waals surface area (Å²) in [6.07, 6.45) is 0.316. The van der Waals surface area contributed by atoms with Crippen molar-refractivity contribution in [2.75, 3.05) is 25.5 Å². The van der Waals surface area contributed by atoms with Crippen molar-refractivity contribution < 1.29 is 14.6 Å². The molecule has 19 heavy (non-hydrogen) atoms. The minimum Gasteiger partial charge on any atom is -0.495 e. The molecule has 1 aliphatic rings. The summed E-state index contributed by atoms with van der Waals surface area (Å²) in [7, 11) is 1.57. The Morgan fingerprint density at radius 1 is 1.47 bits per heavy atom. The molecule has 104 valence electrons. The minimum absolute atomic E-state index is 0.108. The number of ether oxygens (including phenoxy) is 1. The van der Waals surface area contributed by atoms with E-state index < -0.39 is 0 Å². The number of benzene rings is 1. The second-order valence-corrected chi connectivity index (χ2v) is 4.91. The van der Waals surface area contributed by atoms with Gasteiger partial charge in [-0.05, 0) is 24.5 Å². The van der Waals surface area contributed by atoms with Crippen molar-refractivity contribution in [1.82, 2.24) is 4.90 Å². The van der Waals surface area contributed by atoms with Gasteiger partial charge in [0.15, 0.2) is 0 Å². The normalized spacial score (nSPS) is 23.0. The van der Waals surface area contributed by atoms with Gasteiger partial charge in [0, 0.05) is 13.1 Å². The van der Waals surface area contributed by atoms with Gasteiger partial charge < -0.3 is 20.1 Å². The highest BCUT2D eigenvalue weighted by atomic mass is 16.5. The van der Waals surface area contributed by atoms with Gasteiger partial charge in [0.2, 0.25) is 0 Å². The maximum absolute atomic E-state index is 12.2. The van der Waals surface area contributed by atoms with E-state index in [9.17, 15) is 9.90 Å². The first-order valence-electron chi connectivity index (χ1n) is 6.49. The van der Waals surface area contributed by atoms with Gasteiger partial charge >= 0.3 is 6.03 Å². The number of nitrogens with one attached hydrogen (secondary N) is 1. The number of rotatable bonds is 2. The molecule has 2 atom stereocenters. The molecular formula is C14H20N2O3. The van der Waals surface area contributed by atoms with Crippen molar-refractivity contribution in [3.05, 3.63) is 24.3 Å². The summed E-state index contributed by atoms with van der Waals surface area (Å²) in [5.74, 6) is 0.748. The molecule has 1 fully saturated rings. The fourth-order valence-electron chi connectivity index (χ4n) is 2.26. The summed E-state index contributed by atoms with van der Waals surface area (Å²) in [6, 6.07) is 7.16. The average Bonchev–Trinajstić information content (AvgIpc) is 2.42. The number of aliphatic hydroxyl groups is 1. The van der Waals surface area contributed by atoms with E-state index in [-0.39, 0.29) is 18.1 Å². The van der Waals surface area contributed by atoms with E-state index in [1.807, 2.05) is 19.1 Å². The SMILES string of the molecule is COc1ccccc1NC(=O)N1CCC(O)C(C)C1. The first-order chi connectivity index (χ1) is 9.11. The van der Waals surface area contributed by atoms with Crippen molar-refractivity contribution in [1.29, 1.82) is 0 Å². The second-order valence-electron chi connectivity index (χ2n) is 4.91. The van der Waals surface area contributed by atoms with Crippen LogP contribution in [-0.2, 0) is 0 Å². The summed E-state index contributed by atoms with van der Waals surface area (Å²) in [6.45, 7) is 3.10. The van der Waals surface area contributed by atoms with Crippen LogP contribution in [0, 0.1) is 5.92 Å². The third-order valence-corrected chi connectivity index (χ3v) is 3.50. The monoisotopic (exact) mass is 264 g/mol. The molecular weight excluding hydrogens is 244 g/mol. The predicted octanol–water partition coefficient (Wildman–Crippen LogP) is 1.93. The smallest absolute Gasteiger partial charge is 0.321 e. The maximum atomic E-state index is 12.2. The van der Waals surface area contributed by atoms with Crippen molar-refractivity contribution >= 4 is 11.7 Å². The van der Waals surface area contributed by atoms with Crippen LogP contribution in [0.2, 0.25) is 0 Å². The lowest BCUT2D eigenvalue weighted by Gasteiger charge is -2.34. The highest BCUT2D eigenvalue weighted by Crippen LogP contribution is 2.24. The Morgan fingerprint density at radius 3 is 2.89 bits per heavy atom. The van der Waals surface area contributed by atoms with Gasteiger partial charge in [-0.3, -0.25) is 0 Å². The van der Waals surface area contributed by atoms with Crippen LogP contribution >= 0.6 is 0 Å². The zero-order chi connectivity index (χ0) is 13.8. The first kappa shape index (κ1) is 13.7. The third kappa shape index (κ3) is 3.17. The molecule has 1 heterocycles. The van der Waals surface area contributed by atoms with E-state index in [1.165, 1.54) is 0 Å². The summed E-state index contributed by atoms with van der Waals surface area (Å²) in [5.41, 5.74) is 0.661. The van der Waals surface area contributed by atoms with Gasteiger partial charge in [0.1, 0.15) is 5.75 Å². The van der Waals surface area contributed by atoms with Gasteiger partial charge in [0.25, 0.3) is 0 Å². The van der Waals surface area contributed by atoms with Gasteiger partial charge in [-0.15, -0.1) is 0 Å². The van der Waals surface area contributed by atoms with Crippen LogP contribution < -0.4 is 10.1 Å². The highest BCUT2D eigenvalue weighted by molar-refractivity contribution is 5.91. The number of para-hydroxylation sites is 2. The number of amides is 2. The number of aliphatic hydroxyl groups excluding tert-OH is 1. The maximum Gasteiger partial charge on any atom is 0.321 e. The molecule has 5 nitrogen and oxygen atoms in total. The first-order valence-corrected chi connectivity index (χ1v) is 6.49. The number of carbonyl (C=O) groups is 1. The minimum atomic E-state index is -0.310. The zero-order valence-electron chi connectivity index (χ0n) is 11.3. The quantitative estimate of drug-likeness (QED) is 0.858. The fraction of sp³-hybridized carbons (Fsp3) is 0.500. The molecule has 1 saturated heterocycles. The van der Waals surface area contributed by atoms with Crippen LogP contribution in [0.1, 0.15) is 13.3 Å². The Kier molecular flexibility index (Phi) is 4.27. The zero-order valence-corrected chi connectivity index (χ0v) is 11.3. The average molecular weight is 264 g/mol. The molecule has 2 unspecified atom stereocenters. The van der Waals surface area contributed by atoms with E-state index in [4.69, 9.17) is 4.74 Å². The number of piperidine rings is 1. The molecule has 1 aromatic rings. The molecule has 2 rings (SSSR count). The van der Waals surface area contributed by atoms with Gasteiger partial charge in [-0.25, -0.2) is 4.79 Å². The molecule has 2 N–H and O–H groups in total. The highest BCUT2D eigenvalue weighted by Gasteiger charge is 2.27. The molecule has 0 spiro atoms. The van der Waals surface area contributed by atoms with Crippen LogP contribution in [0.4, 0.5) is 10.5 Å². The van der Waals surface area contributed by atoms with Crippen molar-refractivity contribution in [3.8, 4) is 5.75 Å². The fourth-order valence-corrected chi connectivity index (χ4v) is 2.26. The number of urea groups is 1. The van der Waals surface area contributed by atoms with E-state index in [0.717, 1.165) is 0 Å². The predicted molar refractivity (Wildman–Crippen MR) is 73.4 cm³/mol. The lowest BCUT2D eigenvalue weighted by atomic mass is 9.97. The lowest BCUT2D eigenvalue weighted by Crippen LogP contribution is -2.46. The molecule has 2 amide bonds. The lowest BCUT2D eigenvalue weighted by molar-refractivity contribution is 0.0506. The Labute approximate surface area is 113 Å². The van der Waals surface area contributed by atoms with E-state index >= 15 is 0 Å². The van der Waals surface area contributed by atoms with E-state index in [0.29, 0.717) is 30.9 Å². The summed E-state index contributed by atoms with van der Waals surface area (Å²) < 4.78 is 5.20. The number of nitrogens with zero attached hydrogens (tertiary/aromatic N) is 1. The molecule has 0 bridgehead atoms. The Morgan fingerprint density at radius 2 is 2.21 bits per heavy atom. The molecule has 0 radical (unpaired) electrons. The third-order valence-electron chi connectivity index (χ3n) is 3.50. The molecule has 5 heteroatoms. The number of likely N-dealkylation sites (tertiary alicyclic amines) is 1. The van der Waals surface area contributed by atoms with Crippen molar-refractivity contribution in [2.24, 2.45) is 5.92 Å². The molecule has 0 saturated carbocycles. The van der Waals surface area contributed by atoms with Crippen molar-refractivity contribution in [2.45, 2.75) is 19.4 Å². The molecule has 0 aromatic heterocycles. The number of hydrogen-bond acceptors (Lipinski definition) is 3. The summed E-state index contributed by atoms with van der Waals surface area (Å²) in [5, 5.41) is 12.5. The topological polar surface area (TPSA) is 61.8 Å². The Balaban J connectivity index is 2.01. The van der Waals surface area contributed by atoms with Crippen LogP contribution in [0.15, 0.2) is 24.3 Å². The standard InChI is InChI=1S/C14H20N2O3/c1-10-9-16(8-7-12(10)17)14(18)15-11-5-3-4-6-13(11)19-2/h3-6,10,12,17H,7-9H2,1-2H3,(H,15,18).